The van der Waals surface area contributed by atoms with E-state index < -0.39 is 0 Å². The molecule has 1 aromatic rings. The molecule has 2 heteroatoms. The molecule has 0 bridgehead atoms. The quantitative estimate of drug-likeness (QED) is 0.844. The van der Waals surface area contributed by atoms with E-state index in [9.17, 15) is 0 Å². The standard InChI is InChI=1S/C19H31NO/c1-19(2,3)20-14-18(15-9-6-5-7-10-15)16-11-8-12-17(13-16)21-4/h8,11-13,15,18,20H,5-7,9-10,14H2,1-4H3. The van der Waals surface area contributed by atoms with Crippen LogP contribution >= 0.6 is 0 Å². The maximum Gasteiger partial charge on any atom is 0.119 e. The second kappa shape index (κ2) is 7.31. The fourth-order valence-electron chi connectivity index (χ4n) is 3.38. The van der Waals surface area contributed by atoms with E-state index in [-0.39, 0.29) is 5.54 Å². The van der Waals surface area contributed by atoms with Gasteiger partial charge in [0.2, 0.25) is 0 Å². The van der Waals surface area contributed by atoms with E-state index in [0.29, 0.717) is 5.92 Å². The van der Waals surface area contributed by atoms with E-state index in [0.717, 1.165) is 18.2 Å². The minimum Gasteiger partial charge on any atom is -0.497 e. The van der Waals surface area contributed by atoms with Crippen molar-refractivity contribution < 1.29 is 4.74 Å². The Labute approximate surface area is 130 Å². The van der Waals surface area contributed by atoms with Gasteiger partial charge >= 0.3 is 0 Å². The number of hydrogen-bond acceptors (Lipinski definition) is 2. The zero-order valence-corrected chi connectivity index (χ0v) is 14.1. The smallest absolute Gasteiger partial charge is 0.119 e. The van der Waals surface area contributed by atoms with E-state index >= 15 is 0 Å². The van der Waals surface area contributed by atoms with Gasteiger partial charge in [-0.2, -0.15) is 0 Å². The Balaban J connectivity index is 2.16. The first-order chi connectivity index (χ1) is 9.99. The third kappa shape index (κ3) is 5.03. The van der Waals surface area contributed by atoms with Crippen LogP contribution in [0.5, 0.6) is 5.75 Å². The SMILES string of the molecule is COc1cccc(C(CNC(C)(C)C)C2CCCCC2)c1. The molecule has 0 spiro atoms. The Hall–Kier alpha value is -1.02. The van der Waals surface area contributed by atoms with Crippen LogP contribution in [0.25, 0.3) is 0 Å². The maximum absolute atomic E-state index is 5.42. The normalized spacial score (nSPS) is 18.5. The van der Waals surface area contributed by atoms with Gasteiger partial charge in [0, 0.05) is 12.1 Å². The monoisotopic (exact) mass is 289 g/mol. The topological polar surface area (TPSA) is 21.3 Å². The first kappa shape index (κ1) is 16.4. The molecule has 118 valence electrons. The Morgan fingerprint density at radius 3 is 2.52 bits per heavy atom. The maximum atomic E-state index is 5.42. The van der Waals surface area contributed by atoms with Crippen LogP contribution in [0.2, 0.25) is 0 Å². The average Bonchev–Trinajstić information content (AvgIpc) is 2.48. The van der Waals surface area contributed by atoms with Gasteiger partial charge in [0.15, 0.2) is 0 Å². The minimum atomic E-state index is 0.172. The number of benzene rings is 1. The van der Waals surface area contributed by atoms with Crippen molar-refractivity contribution in [1.29, 1.82) is 0 Å². The molecule has 1 fully saturated rings. The molecule has 21 heavy (non-hydrogen) atoms. The molecule has 1 unspecified atom stereocenters. The van der Waals surface area contributed by atoms with Crippen molar-refractivity contribution in [2.75, 3.05) is 13.7 Å². The van der Waals surface area contributed by atoms with Crippen LogP contribution in [0, 0.1) is 5.92 Å². The summed E-state index contributed by atoms with van der Waals surface area (Å²) in [6, 6.07) is 8.66. The Morgan fingerprint density at radius 2 is 1.90 bits per heavy atom. The summed E-state index contributed by atoms with van der Waals surface area (Å²) in [5.41, 5.74) is 1.60. The highest BCUT2D eigenvalue weighted by molar-refractivity contribution is 5.31. The van der Waals surface area contributed by atoms with Gasteiger partial charge in [-0.3, -0.25) is 0 Å². The number of methoxy groups -OCH3 is 1. The molecule has 1 aromatic carbocycles. The zero-order valence-electron chi connectivity index (χ0n) is 14.1. The van der Waals surface area contributed by atoms with Gasteiger partial charge in [0.1, 0.15) is 5.75 Å². The summed E-state index contributed by atoms with van der Waals surface area (Å²) in [6.07, 6.45) is 6.93. The molecule has 1 aliphatic rings. The predicted molar refractivity (Wildman–Crippen MR) is 90.1 cm³/mol. The second-order valence-corrected chi connectivity index (χ2v) is 7.41. The summed E-state index contributed by atoms with van der Waals surface area (Å²) in [4.78, 5) is 0. The van der Waals surface area contributed by atoms with Gasteiger partial charge < -0.3 is 10.1 Å². The minimum absolute atomic E-state index is 0.172. The number of nitrogens with one attached hydrogen (secondary N) is 1. The molecule has 2 rings (SSSR count). The van der Waals surface area contributed by atoms with E-state index in [1.54, 1.807) is 7.11 Å². The van der Waals surface area contributed by atoms with Gasteiger partial charge in [-0.25, -0.2) is 0 Å². The average molecular weight is 289 g/mol. The van der Waals surface area contributed by atoms with Crippen molar-refractivity contribution in [2.24, 2.45) is 5.92 Å². The van der Waals surface area contributed by atoms with E-state index in [4.69, 9.17) is 4.74 Å². The van der Waals surface area contributed by atoms with Crippen molar-refractivity contribution in [3.05, 3.63) is 29.8 Å². The summed E-state index contributed by atoms with van der Waals surface area (Å²) < 4.78 is 5.42. The summed E-state index contributed by atoms with van der Waals surface area (Å²) in [5, 5.41) is 3.71. The Kier molecular flexibility index (Phi) is 5.69. The lowest BCUT2D eigenvalue weighted by Gasteiger charge is -2.33. The highest BCUT2D eigenvalue weighted by Crippen LogP contribution is 2.36. The van der Waals surface area contributed by atoms with Crippen molar-refractivity contribution in [3.8, 4) is 5.75 Å². The van der Waals surface area contributed by atoms with Crippen LogP contribution in [0.15, 0.2) is 24.3 Å². The fraction of sp³-hybridized carbons (Fsp3) is 0.684. The van der Waals surface area contributed by atoms with Gasteiger partial charge in [-0.15, -0.1) is 0 Å². The molecule has 0 amide bonds. The molecule has 2 nitrogen and oxygen atoms in total. The molecular weight excluding hydrogens is 258 g/mol. The molecule has 1 N–H and O–H groups in total. The van der Waals surface area contributed by atoms with Crippen LogP contribution in [0.3, 0.4) is 0 Å². The lowest BCUT2D eigenvalue weighted by Crippen LogP contribution is -2.40. The highest BCUT2D eigenvalue weighted by Gasteiger charge is 2.26. The van der Waals surface area contributed by atoms with Crippen LogP contribution in [0.4, 0.5) is 0 Å². The van der Waals surface area contributed by atoms with Crippen LogP contribution in [-0.4, -0.2) is 19.2 Å². The zero-order chi connectivity index (χ0) is 15.3. The van der Waals surface area contributed by atoms with Gasteiger partial charge in [-0.1, -0.05) is 31.4 Å². The van der Waals surface area contributed by atoms with E-state index in [1.165, 1.54) is 37.7 Å². The fourth-order valence-corrected chi connectivity index (χ4v) is 3.38. The lowest BCUT2D eigenvalue weighted by atomic mass is 9.76. The summed E-state index contributed by atoms with van der Waals surface area (Å²) >= 11 is 0. The van der Waals surface area contributed by atoms with Gasteiger partial charge in [-0.05, 0) is 63.1 Å². The first-order valence-corrected chi connectivity index (χ1v) is 8.38. The molecule has 0 aliphatic heterocycles. The molecule has 0 heterocycles. The summed E-state index contributed by atoms with van der Waals surface area (Å²) in [5.74, 6) is 2.38. The molecule has 0 radical (unpaired) electrons. The molecular formula is C19H31NO. The molecule has 1 atom stereocenters. The largest absolute Gasteiger partial charge is 0.497 e. The summed E-state index contributed by atoms with van der Waals surface area (Å²) in [7, 11) is 1.75. The number of ether oxygens (including phenoxy) is 1. The van der Waals surface area contributed by atoms with Gasteiger partial charge in [0.25, 0.3) is 0 Å². The van der Waals surface area contributed by atoms with Crippen molar-refractivity contribution in [1.82, 2.24) is 5.32 Å². The van der Waals surface area contributed by atoms with E-state index in [1.807, 2.05) is 6.07 Å². The van der Waals surface area contributed by atoms with Crippen molar-refractivity contribution >= 4 is 0 Å². The third-order valence-electron chi connectivity index (χ3n) is 4.59. The lowest BCUT2D eigenvalue weighted by molar-refractivity contribution is 0.279. The second-order valence-electron chi connectivity index (χ2n) is 7.41. The van der Waals surface area contributed by atoms with Crippen LogP contribution in [-0.2, 0) is 0 Å². The van der Waals surface area contributed by atoms with Crippen molar-refractivity contribution in [2.45, 2.75) is 64.3 Å². The van der Waals surface area contributed by atoms with Crippen molar-refractivity contribution in [3.63, 3.8) is 0 Å². The third-order valence-corrected chi connectivity index (χ3v) is 4.59. The Bertz CT molecular complexity index is 429. The summed E-state index contributed by atoms with van der Waals surface area (Å²) in [6.45, 7) is 7.80. The first-order valence-electron chi connectivity index (χ1n) is 8.38. The number of hydrogen-bond donors (Lipinski definition) is 1. The Morgan fingerprint density at radius 1 is 1.19 bits per heavy atom. The molecule has 0 aromatic heterocycles. The van der Waals surface area contributed by atoms with Crippen LogP contribution in [0.1, 0.15) is 64.4 Å². The predicted octanol–water partition coefficient (Wildman–Crippen LogP) is 4.75. The highest BCUT2D eigenvalue weighted by atomic mass is 16.5. The van der Waals surface area contributed by atoms with Gasteiger partial charge in [0.05, 0.1) is 7.11 Å². The molecule has 1 saturated carbocycles. The molecule has 1 aliphatic carbocycles. The molecule has 0 saturated heterocycles. The van der Waals surface area contributed by atoms with E-state index in [2.05, 4.69) is 44.3 Å². The van der Waals surface area contributed by atoms with Crippen LogP contribution < -0.4 is 10.1 Å². The number of rotatable bonds is 5.